The predicted octanol–water partition coefficient (Wildman–Crippen LogP) is 14.6. The van der Waals surface area contributed by atoms with Gasteiger partial charge in [-0.2, -0.15) is 0 Å². The topological polar surface area (TPSA) is 3.24 Å². The fraction of sp³-hybridized carbons (Fsp3) is 0.0182. The zero-order valence-electron chi connectivity index (χ0n) is 30.8. The van der Waals surface area contributed by atoms with Crippen molar-refractivity contribution in [3.05, 3.63) is 247 Å². The minimum Gasteiger partial charge on any atom is -0.310 e. The Kier molecular flexibility index (Phi) is 7.47. The van der Waals surface area contributed by atoms with Gasteiger partial charge in [-0.25, -0.2) is 0 Å². The van der Waals surface area contributed by atoms with E-state index in [9.17, 15) is 0 Å². The van der Waals surface area contributed by atoms with Crippen LogP contribution < -0.4 is 4.90 Å². The maximum absolute atomic E-state index is 2.44. The van der Waals surface area contributed by atoms with Crippen LogP contribution in [0.25, 0.3) is 54.6 Å². The Labute approximate surface area is 327 Å². The van der Waals surface area contributed by atoms with Crippen molar-refractivity contribution in [1.82, 2.24) is 0 Å². The van der Waals surface area contributed by atoms with Crippen LogP contribution in [0.5, 0.6) is 0 Å². The fourth-order valence-corrected chi connectivity index (χ4v) is 9.55. The van der Waals surface area contributed by atoms with Crippen molar-refractivity contribution in [2.24, 2.45) is 0 Å². The highest BCUT2D eigenvalue weighted by Gasteiger charge is 2.47. The molecule has 1 heteroatoms. The van der Waals surface area contributed by atoms with Crippen LogP contribution in [-0.2, 0) is 5.41 Å². The standard InChI is InChI=1S/C55H37N/c1-4-17-40(18-5-1)55(41-19-6-2-7-20-41)51-28-15-14-27-49(51)54-52(55)29-16-30-53(54)56(42-21-8-3-9-22-42)43-34-31-38(32-35-43)39-33-36-48-46-25-11-10-23-44(46)45-24-12-13-26-47(45)50(48)37-39/h1-37H. The number of rotatable bonds is 6. The third-order valence-electron chi connectivity index (χ3n) is 11.9. The monoisotopic (exact) mass is 711 g/mol. The molecule has 0 spiro atoms. The lowest BCUT2D eigenvalue weighted by Crippen LogP contribution is -2.28. The zero-order chi connectivity index (χ0) is 37.1. The summed E-state index contributed by atoms with van der Waals surface area (Å²) in [5.74, 6) is 0. The first-order valence-electron chi connectivity index (χ1n) is 19.4. The van der Waals surface area contributed by atoms with Crippen molar-refractivity contribution >= 4 is 49.4 Å². The van der Waals surface area contributed by atoms with E-state index in [1.165, 1.54) is 76.8 Å². The number of anilines is 3. The number of para-hydroxylation sites is 1. The number of nitrogens with zero attached hydrogens (tertiary/aromatic N) is 1. The van der Waals surface area contributed by atoms with Crippen molar-refractivity contribution in [3.63, 3.8) is 0 Å². The van der Waals surface area contributed by atoms with Gasteiger partial charge in [0.2, 0.25) is 0 Å². The summed E-state index contributed by atoms with van der Waals surface area (Å²) in [7, 11) is 0. The Morgan fingerprint density at radius 1 is 0.304 bits per heavy atom. The second-order valence-corrected chi connectivity index (χ2v) is 14.8. The molecule has 11 rings (SSSR count). The van der Waals surface area contributed by atoms with E-state index in [-0.39, 0.29) is 0 Å². The van der Waals surface area contributed by atoms with Gasteiger partial charge < -0.3 is 4.90 Å². The van der Waals surface area contributed by atoms with Crippen LogP contribution in [0.3, 0.4) is 0 Å². The average Bonchev–Trinajstić information content (AvgIpc) is 3.59. The minimum atomic E-state index is -0.470. The molecule has 0 amide bonds. The first kappa shape index (κ1) is 32.2. The fourth-order valence-electron chi connectivity index (χ4n) is 9.55. The van der Waals surface area contributed by atoms with Gasteiger partial charge in [-0.1, -0.05) is 188 Å². The van der Waals surface area contributed by atoms with E-state index in [1.807, 2.05) is 0 Å². The minimum absolute atomic E-state index is 0.470. The molecule has 0 heterocycles. The Balaban J connectivity index is 1.10. The Morgan fingerprint density at radius 2 is 0.768 bits per heavy atom. The smallest absolute Gasteiger partial charge is 0.0714 e. The van der Waals surface area contributed by atoms with Crippen LogP contribution in [-0.4, -0.2) is 0 Å². The van der Waals surface area contributed by atoms with Crippen LogP contribution in [0.2, 0.25) is 0 Å². The van der Waals surface area contributed by atoms with Crippen LogP contribution in [0, 0.1) is 0 Å². The second kappa shape index (κ2) is 13.0. The first-order valence-corrected chi connectivity index (χ1v) is 19.4. The number of fused-ring (bicyclic) bond motifs is 9. The number of hydrogen-bond donors (Lipinski definition) is 0. The summed E-state index contributed by atoms with van der Waals surface area (Å²) in [5, 5.41) is 7.74. The van der Waals surface area contributed by atoms with Gasteiger partial charge in [0.05, 0.1) is 11.1 Å². The molecule has 10 aromatic rings. The van der Waals surface area contributed by atoms with Crippen LogP contribution in [0.15, 0.2) is 224 Å². The summed E-state index contributed by atoms with van der Waals surface area (Å²) >= 11 is 0. The van der Waals surface area contributed by atoms with E-state index in [4.69, 9.17) is 0 Å². The number of hydrogen-bond acceptors (Lipinski definition) is 1. The lowest BCUT2D eigenvalue weighted by atomic mass is 9.68. The highest BCUT2D eigenvalue weighted by atomic mass is 15.1. The zero-order valence-corrected chi connectivity index (χ0v) is 30.8. The summed E-state index contributed by atoms with van der Waals surface area (Å²) < 4.78 is 0. The van der Waals surface area contributed by atoms with Crippen LogP contribution >= 0.6 is 0 Å². The normalized spacial score (nSPS) is 12.8. The van der Waals surface area contributed by atoms with Gasteiger partial charge in [-0.05, 0) is 108 Å². The molecule has 10 aromatic carbocycles. The Hall–Kier alpha value is -7.22. The quantitative estimate of drug-likeness (QED) is 0.155. The summed E-state index contributed by atoms with van der Waals surface area (Å²) in [6, 6.07) is 82.4. The third kappa shape index (κ3) is 4.81. The van der Waals surface area contributed by atoms with E-state index in [2.05, 4.69) is 229 Å². The van der Waals surface area contributed by atoms with Gasteiger partial charge in [0, 0.05) is 16.9 Å². The molecule has 0 unspecified atom stereocenters. The molecular weight excluding hydrogens is 675 g/mol. The second-order valence-electron chi connectivity index (χ2n) is 14.8. The molecule has 1 aliphatic carbocycles. The average molecular weight is 712 g/mol. The molecular formula is C55H37N. The van der Waals surface area contributed by atoms with Crippen LogP contribution in [0.4, 0.5) is 17.1 Å². The van der Waals surface area contributed by atoms with Crippen molar-refractivity contribution < 1.29 is 0 Å². The SMILES string of the molecule is c1ccc(N(c2ccc(-c3ccc4c5ccccc5c5ccccc5c4c3)cc2)c2cccc3c2-c2ccccc2C3(c2ccccc2)c2ccccc2)cc1. The molecule has 0 aliphatic heterocycles. The highest BCUT2D eigenvalue weighted by Crippen LogP contribution is 2.59. The third-order valence-corrected chi connectivity index (χ3v) is 11.9. The molecule has 0 saturated heterocycles. The largest absolute Gasteiger partial charge is 0.310 e. The molecule has 0 aromatic heterocycles. The van der Waals surface area contributed by atoms with Gasteiger partial charge in [0.1, 0.15) is 0 Å². The molecule has 1 nitrogen and oxygen atoms in total. The molecule has 0 fully saturated rings. The van der Waals surface area contributed by atoms with Gasteiger partial charge >= 0.3 is 0 Å². The molecule has 1 aliphatic rings. The van der Waals surface area contributed by atoms with Crippen molar-refractivity contribution in [2.45, 2.75) is 5.41 Å². The van der Waals surface area contributed by atoms with E-state index < -0.39 is 5.41 Å². The predicted molar refractivity (Wildman–Crippen MR) is 236 cm³/mol. The van der Waals surface area contributed by atoms with Gasteiger partial charge in [0.25, 0.3) is 0 Å². The lowest BCUT2D eigenvalue weighted by molar-refractivity contribution is 0.768. The lowest BCUT2D eigenvalue weighted by Gasteiger charge is -2.34. The van der Waals surface area contributed by atoms with Crippen LogP contribution in [0.1, 0.15) is 22.3 Å². The molecule has 0 saturated carbocycles. The van der Waals surface area contributed by atoms with Gasteiger partial charge in [-0.15, -0.1) is 0 Å². The number of benzene rings is 10. The van der Waals surface area contributed by atoms with Crippen molar-refractivity contribution in [3.8, 4) is 22.3 Å². The Morgan fingerprint density at radius 3 is 1.39 bits per heavy atom. The highest BCUT2D eigenvalue weighted by molar-refractivity contribution is 6.25. The van der Waals surface area contributed by atoms with E-state index >= 15 is 0 Å². The molecule has 56 heavy (non-hydrogen) atoms. The maximum atomic E-state index is 2.44. The molecule has 0 bridgehead atoms. The molecule has 262 valence electrons. The van der Waals surface area contributed by atoms with E-state index in [0.29, 0.717) is 0 Å². The van der Waals surface area contributed by atoms with E-state index in [0.717, 1.165) is 17.1 Å². The summed E-state index contributed by atoms with van der Waals surface area (Å²) in [6.07, 6.45) is 0. The van der Waals surface area contributed by atoms with E-state index in [1.54, 1.807) is 0 Å². The van der Waals surface area contributed by atoms with Gasteiger partial charge in [-0.3, -0.25) is 0 Å². The van der Waals surface area contributed by atoms with Gasteiger partial charge in [0.15, 0.2) is 0 Å². The van der Waals surface area contributed by atoms with Crippen molar-refractivity contribution in [2.75, 3.05) is 4.90 Å². The summed E-state index contributed by atoms with van der Waals surface area (Å²) in [6.45, 7) is 0. The summed E-state index contributed by atoms with van der Waals surface area (Å²) in [5.41, 5.74) is 13.0. The van der Waals surface area contributed by atoms with Crippen molar-refractivity contribution in [1.29, 1.82) is 0 Å². The maximum Gasteiger partial charge on any atom is 0.0714 e. The Bertz CT molecular complexity index is 2980. The molecule has 0 N–H and O–H groups in total. The summed E-state index contributed by atoms with van der Waals surface area (Å²) in [4.78, 5) is 2.44. The first-order chi connectivity index (χ1) is 27.8. The molecule has 0 atom stereocenters. The molecule has 0 radical (unpaired) electrons.